The molecule has 0 heterocycles. The molecule has 0 amide bonds. The number of allylic oxidation sites excluding steroid dienone is 3. The highest BCUT2D eigenvalue weighted by molar-refractivity contribution is 7.82. The minimum Gasteiger partial charge on any atom is -0.168 e. The maximum Gasteiger partial charge on any atom is 0.0310 e. The van der Waals surface area contributed by atoms with Crippen LogP contribution in [0.4, 0.5) is 0 Å². The first-order valence-corrected chi connectivity index (χ1v) is 4.70. The smallest absolute Gasteiger partial charge is 0.0310 e. The van der Waals surface area contributed by atoms with Crippen LogP contribution in [-0.2, 0) is 0 Å². The molecule has 1 atom stereocenters. The normalized spacial score (nSPS) is 22.6. The topological polar surface area (TPSA) is 0 Å². The zero-order valence-corrected chi connectivity index (χ0v) is 8.20. The van der Waals surface area contributed by atoms with Crippen LogP contribution in [0, 0.1) is 0 Å². The summed E-state index contributed by atoms with van der Waals surface area (Å²) in [7, 11) is 0. The fourth-order valence-electron chi connectivity index (χ4n) is 1.28. The van der Waals surface area contributed by atoms with Crippen LogP contribution >= 0.6 is 12.6 Å². The highest BCUT2D eigenvalue weighted by atomic mass is 32.1. The van der Waals surface area contributed by atoms with E-state index in [1.165, 1.54) is 18.4 Å². The van der Waals surface area contributed by atoms with Crippen molar-refractivity contribution in [3.63, 3.8) is 0 Å². The van der Waals surface area contributed by atoms with Crippen molar-refractivity contribution in [3.8, 4) is 0 Å². The van der Waals surface area contributed by atoms with Gasteiger partial charge in [-0.2, -0.15) is 12.6 Å². The average Bonchev–Trinajstić information content (AvgIpc) is 2.06. The summed E-state index contributed by atoms with van der Waals surface area (Å²) in [5, 5.41) is 0. The summed E-state index contributed by atoms with van der Waals surface area (Å²) in [6.45, 7) is 4.38. The average molecular weight is 168 g/mol. The van der Waals surface area contributed by atoms with Crippen LogP contribution < -0.4 is 0 Å². The van der Waals surface area contributed by atoms with Crippen LogP contribution in [0.1, 0.15) is 33.1 Å². The van der Waals surface area contributed by atoms with Crippen molar-refractivity contribution in [1.82, 2.24) is 0 Å². The lowest BCUT2D eigenvalue weighted by molar-refractivity contribution is 0.677. The molecule has 0 aromatic rings. The van der Waals surface area contributed by atoms with Crippen LogP contribution in [0.2, 0.25) is 0 Å². The fraction of sp³-hybridized carbons (Fsp3) is 0.600. The SMILES string of the molecule is CCC(C)(S)C1=CC=CCC1. The first kappa shape index (κ1) is 8.92. The summed E-state index contributed by atoms with van der Waals surface area (Å²) >= 11 is 4.63. The van der Waals surface area contributed by atoms with Gasteiger partial charge in [-0.05, 0) is 26.2 Å². The number of hydrogen-bond donors (Lipinski definition) is 1. The molecule has 1 rings (SSSR count). The molecule has 11 heavy (non-hydrogen) atoms. The fourth-order valence-corrected chi connectivity index (χ4v) is 1.46. The van der Waals surface area contributed by atoms with E-state index in [9.17, 15) is 0 Å². The van der Waals surface area contributed by atoms with E-state index in [0.717, 1.165) is 6.42 Å². The van der Waals surface area contributed by atoms with Gasteiger partial charge in [-0.1, -0.05) is 30.7 Å². The quantitative estimate of drug-likeness (QED) is 0.600. The summed E-state index contributed by atoms with van der Waals surface area (Å²) in [5.74, 6) is 0. The Morgan fingerprint density at radius 1 is 1.64 bits per heavy atom. The van der Waals surface area contributed by atoms with Crippen molar-refractivity contribution in [2.75, 3.05) is 0 Å². The number of hydrogen-bond acceptors (Lipinski definition) is 1. The molecule has 62 valence electrons. The van der Waals surface area contributed by atoms with Crippen LogP contribution in [0.15, 0.2) is 23.8 Å². The molecule has 0 saturated carbocycles. The third kappa shape index (κ3) is 2.13. The maximum absolute atomic E-state index is 4.63. The van der Waals surface area contributed by atoms with Gasteiger partial charge in [0.05, 0.1) is 0 Å². The van der Waals surface area contributed by atoms with Gasteiger partial charge in [-0.25, -0.2) is 0 Å². The van der Waals surface area contributed by atoms with E-state index < -0.39 is 0 Å². The van der Waals surface area contributed by atoms with Gasteiger partial charge in [0, 0.05) is 4.75 Å². The van der Waals surface area contributed by atoms with Gasteiger partial charge >= 0.3 is 0 Å². The van der Waals surface area contributed by atoms with Crippen molar-refractivity contribution in [2.24, 2.45) is 0 Å². The summed E-state index contributed by atoms with van der Waals surface area (Å²) in [5.41, 5.74) is 1.48. The monoisotopic (exact) mass is 168 g/mol. The summed E-state index contributed by atoms with van der Waals surface area (Å²) in [4.78, 5) is 0. The summed E-state index contributed by atoms with van der Waals surface area (Å²) in [6.07, 6.45) is 10.0. The van der Waals surface area contributed by atoms with Crippen LogP contribution in [0.5, 0.6) is 0 Å². The van der Waals surface area contributed by atoms with E-state index in [1.54, 1.807) is 0 Å². The molecule has 0 nitrogen and oxygen atoms in total. The lowest BCUT2D eigenvalue weighted by atomic mass is 9.91. The third-order valence-electron chi connectivity index (χ3n) is 2.39. The molecule has 0 fully saturated rings. The van der Waals surface area contributed by atoms with Gasteiger partial charge in [0.2, 0.25) is 0 Å². The van der Waals surface area contributed by atoms with E-state index in [1.807, 2.05) is 0 Å². The molecule has 0 aliphatic heterocycles. The second-order valence-corrected chi connectivity index (χ2v) is 4.27. The van der Waals surface area contributed by atoms with E-state index in [2.05, 4.69) is 44.7 Å². The number of thiol groups is 1. The first-order valence-electron chi connectivity index (χ1n) is 4.25. The minimum absolute atomic E-state index is 0.116. The second-order valence-electron chi connectivity index (χ2n) is 3.29. The first-order chi connectivity index (χ1) is 5.17. The Bertz CT molecular complexity index is 187. The molecular formula is C10H16S. The minimum atomic E-state index is 0.116. The highest BCUT2D eigenvalue weighted by Crippen LogP contribution is 2.32. The maximum atomic E-state index is 4.63. The van der Waals surface area contributed by atoms with Crippen molar-refractivity contribution in [1.29, 1.82) is 0 Å². The lowest BCUT2D eigenvalue weighted by Gasteiger charge is -2.26. The predicted molar refractivity (Wildman–Crippen MR) is 54.1 cm³/mol. The zero-order chi connectivity index (χ0) is 8.32. The van der Waals surface area contributed by atoms with Crippen LogP contribution in [0.3, 0.4) is 0 Å². The van der Waals surface area contributed by atoms with Gasteiger partial charge in [0.25, 0.3) is 0 Å². The molecular weight excluding hydrogens is 152 g/mol. The largest absolute Gasteiger partial charge is 0.168 e. The molecule has 0 bridgehead atoms. The van der Waals surface area contributed by atoms with E-state index in [4.69, 9.17) is 0 Å². The molecule has 0 aromatic heterocycles. The molecule has 0 saturated heterocycles. The highest BCUT2D eigenvalue weighted by Gasteiger charge is 2.21. The Morgan fingerprint density at radius 2 is 2.36 bits per heavy atom. The molecule has 0 aromatic carbocycles. The van der Waals surface area contributed by atoms with E-state index in [-0.39, 0.29) is 4.75 Å². The van der Waals surface area contributed by atoms with Crippen LogP contribution in [-0.4, -0.2) is 4.75 Å². The van der Waals surface area contributed by atoms with Gasteiger partial charge in [0.15, 0.2) is 0 Å². The molecule has 0 N–H and O–H groups in total. The molecule has 1 heteroatoms. The molecule has 0 radical (unpaired) electrons. The van der Waals surface area contributed by atoms with E-state index >= 15 is 0 Å². The molecule has 1 aliphatic rings. The summed E-state index contributed by atoms with van der Waals surface area (Å²) in [6, 6.07) is 0. The van der Waals surface area contributed by atoms with Gasteiger partial charge in [-0.15, -0.1) is 0 Å². The molecule has 0 spiro atoms. The van der Waals surface area contributed by atoms with Gasteiger partial charge in [0.1, 0.15) is 0 Å². The van der Waals surface area contributed by atoms with Crippen molar-refractivity contribution < 1.29 is 0 Å². The van der Waals surface area contributed by atoms with Gasteiger partial charge in [-0.3, -0.25) is 0 Å². The number of rotatable bonds is 2. The Labute approximate surface area is 74.8 Å². The Kier molecular flexibility index (Phi) is 2.83. The van der Waals surface area contributed by atoms with Crippen molar-refractivity contribution >= 4 is 12.6 Å². The Hall–Kier alpha value is -0.170. The predicted octanol–water partition coefficient (Wildman–Crippen LogP) is 3.36. The Morgan fingerprint density at radius 3 is 2.82 bits per heavy atom. The van der Waals surface area contributed by atoms with Crippen LogP contribution in [0.25, 0.3) is 0 Å². The second kappa shape index (κ2) is 3.48. The summed E-state index contributed by atoms with van der Waals surface area (Å²) < 4.78 is 0.116. The molecule has 1 unspecified atom stereocenters. The standard InChI is InChI=1S/C10H16S/c1-3-10(2,11)9-7-5-4-6-8-9/h4-5,7,11H,3,6,8H2,1-2H3. The lowest BCUT2D eigenvalue weighted by Crippen LogP contribution is -2.19. The van der Waals surface area contributed by atoms with Gasteiger partial charge < -0.3 is 0 Å². The van der Waals surface area contributed by atoms with Crippen molar-refractivity contribution in [3.05, 3.63) is 23.8 Å². The molecule has 1 aliphatic carbocycles. The third-order valence-corrected chi connectivity index (χ3v) is 3.00. The van der Waals surface area contributed by atoms with Crippen molar-refractivity contribution in [2.45, 2.75) is 37.9 Å². The Balaban J connectivity index is 2.72. The van der Waals surface area contributed by atoms with E-state index in [0.29, 0.717) is 0 Å². The zero-order valence-electron chi connectivity index (χ0n) is 7.30.